The van der Waals surface area contributed by atoms with Gasteiger partial charge in [0.2, 0.25) is 0 Å². The molecule has 0 bridgehead atoms. The molecule has 0 atom stereocenters. The van der Waals surface area contributed by atoms with Crippen molar-refractivity contribution < 1.29 is 14.6 Å². The lowest BCUT2D eigenvalue weighted by Gasteiger charge is -2.19. The van der Waals surface area contributed by atoms with Gasteiger partial charge in [-0.1, -0.05) is 76.2 Å². The van der Waals surface area contributed by atoms with E-state index in [9.17, 15) is 9.90 Å². The van der Waals surface area contributed by atoms with Gasteiger partial charge in [-0.2, -0.15) is 0 Å². The van der Waals surface area contributed by atoms with Crippen molar-refractivity contribution in [3.05, 3.63) is 105 Å². The lowest BCUT2D eigenvalue weighted by atomic mass is 9.93. The third kappa shape index (κ3) is 8.26. The Kier molecular flexibility index (Phi) is 10.5. The number of carbonyl (C=O) groups is 1. The van der Waals surface area contributed by atoms with Crippen LogP contribution in [0.5, 0.6) is 5.75 Å². The molecule has 40 heavy (non-hydrogen) atoms. The van der Waals surface area contributed by atoms with E-state index >= 15 is 0 Å². The van der Waals surface area contributed by atoms with Gasteiger partial charge in [0.1, 0.15) is 17.4 Å². The van der Waals surface area contributed by atoms with Crippen molar-refractivity contribution in [2.75, 3.05) is 6.54 Å². The highest BCUT2D eigenvalue weighted by atomic mass is 32.1. The first-order chi connectivity index (χ1) is 19.3. The zero-order valence-electron chi connectivity index (χ0n) is 24.0. The molecule has 0 saturated heterocycles. The monoisotopic (exact) mass is 556 g/mol. The quantitative estimate of drug-likeness (QED) is 0.169. The van der Waals surface area contributed by atoms with Gasteiger partial charge in [-0.15, -0.1) is 11.3 Å². The highest BCUT2D eigenvalue weighted by molar-refractivity contribution is 7.09. The van der Waals surface area contributed by atoms with Gasteiger partial charge >= 0.3 is 5.97 Å². The fourth-order valence-electron chi connectivity index (χ4n) is 4.87. The molecule has 0 amide bonds. The van der Waals surface area contributed by atoms with Crippen molar-refractivity contribution in [3.8, 4) is 17.0 Å². The Morgan fingerprint density at radius 2 is 1.50 bits per heavy atom. The van der Waals surface area contributed by atoms with Gasteiger partial charge in [0.05, 0.1) is 18.8 Å². The Morgan fingerprint density at radius 3 is 2.10 bits per heavy atom. The Morgan fingerprint density at radius 1 is 0.875 bits per heavy atom. The second-order valence-electron chi connectivity index (χ2n) is 10.6. The van der Waals surface area contributed by atoms with E-state index in [-0.39, 0.29) is 6.54 Å². The first kappa shape index (κ1) is 29.5. The van der Waals surface area contributed by atoms with Gasteiger partial charge in [0, 0.05) is 17.5 Å². The lowest BCUT2D eigenvalue weighted by Crippen LogP contribution is -2.28. The van der Waals surface area contributed by atoms with Crippen molar-refractivity contribution >= 4 is 17.3 Å². The number of hydrogen-bond acceptors (Lipinski definition) is 5. The number of ether oxygens (including phenoxy) is 1. The first-order valence-electron chi connectivity index (χ1n) is 14.1. The molecule has 4 rings (SSSR count). The molecule has 210 valence electrons. The maximum Gasteiger partial charge on any atom is 0.317 e. The molecule has 0 aliphatic carbocycles. The number of hydrogen-bond donors (Lipinski definition) is 1. The highest BCUT2D eigenvalue weighted by Gasteiger charge is 2.15. The van der Waals surface area contributed by atoms with Crippen LogP contribution >= 0.6 is 11.3 Å². The number of benzene rings is 3. The summed E-state index contributed by atoms with van der Waals surface area (Å²) in [4.78, 5) is 18.3. The van der Waals surface area contributed by atoms with Gasteiger partial charge in [0.15, 0.2) is 0 Å². The topological polar surface area (TPSA) is 62.7 Å². The second kappa shape index (κ2) is 14.2. The lowest BCUT2D eigenvalue weighted by molar-refractivity contribution is -0.138. The van der Waals surface area contributed by atoms with E-state index in [0.29, 0.717) is 31.5 Å². The van der Waals surface area contributed by atoms with Crippen LogP contribution in [0.2, 0.25) is 0 Å². The van der Waals surface area contributed by atoms with Crippen LogP contribution in [0.15, 0.2) is 78.2 Å². The number of carboxylic acids is 1. The smallest absolute Gasteiger partial charge is 0.317 e. The summed E-state index contributed by atoms with van der Waals surface area (Å²) in [6, 6.07) is 25.2. The van der Waals surface area contributed by atoms with Crippen molar-refractivity contribution in [3.63, 3.8) is 0 Å². The predicted octanol–water partition coefficient (Wildman–Crippen LogP) is 8.50. The van der Waals surface area contributed by atoms with E-state index in [4.69, 9.17) is 9.72 Å². The molecule has 0 radical (unpaired) electrons. The normalized spacial score (nSPS) is 11.5. The third-order valence-corrected chi connectivity index (χ3v) is 8.15. The molecule has 6 heteroatoms. The van der Waals surface area contributed by atoms with Crippen LogP contribution in [0.3, 0.4) is 0 Å². The number of nitrogens with zero attached hydrogens (tertiary/aromatic N) is 2. The zero-order valence-corrected chi connectivity index (χ0v) is 24.8. The van der Waals surface area contributed by atoms with Gasteiger partial charge in [-0.25, -0.2) is 4.98 Å². The van der Waals surface area contributed by atoms with Crippen LogP contribution < -0.4 is 4.74 Å². The summed E-state index contributed by atoms with van der Waals surface area (Å²) in [7, 11) is 0. The van der Waals surface area contributed by atoms with Crippen molar-refractivity contribution in [1.29, 1.82) is 0 Å². The third-order valence-electron chi connectivity index (χ3n) is 7.31. The summed E-state index contributed by atoms with van der Waals surface area (Å²) in [6.45, 7) is 10.4. The van der Waals surface area contributed by atoms with Crippen LogP contribution in [0.25, 0.3) is 11.3 Å². The number of aromatic nitrogens is 1. The van der Waals surface area contributed by atoms with Crippen LogP contribution in [-0.4, -0.2) is 27.5 Å². The van der Waals surface area contributed by atoms with E-state index in [1.165, 1.54) is 11.1 Å². The van der Waals surface area contributed by atoms with Crippen molar-refractivity contribution in [2.45, 2.75) is 72.1 Å². The molecule has 1 N–H and O–H groups in total. The predicted molar refractivity (Wildman–Crippen MR) is 164 cm³/mol. The standard InChI is InChI=1S/C34H40N2O3S/c1-5-27(6-2)29-13-9-26(10-14-29)22-39-31-17-15-30(16-18-31)32-23-40-33(35-32)20-36(21-34(37)38)19-25-7-11-28(12-8-25)24(3)4/h7-18,23-24,27H,5-6,19-22H2,1-4H3,(H,37,38). The molecule has 1 heterocycles. The van der Waals surface area contributed by atoms with Gasteiger partial charge in [0.25, 0.3) is 0 Å². The largest absolute Gasteiger partial charge is 0.489 e. The molecule has 0 fully saturated rings. The average molecular weight is 557 g/mol. The van der Waals surface area contributed by atoms with Crippen molar-refractivity contribution in [1.82, 2.24) is 9.88 Å². The highest BCUT2D eigenvalue weighted by Crippen LogP contribution is 2.27. The molecule has 4 aromatic rings. The Hall–Kier alpha value is -3.48. The minimum atomic E-state index is -0.840. The van der Waals surface area contributed by atoms with Gasteiger partial charge < -0.3 is 9.84 Å². The second-order valence-corrected chi connectivity index (χ2v) is 11.6. The molecule has 5 nitrogen and oxygen atoms in total. The summed E-state index contributed by atoms with van der Waals surface area (Å²) in [5.74, 6) is 1.07. The summed E-state index contributed by atoms with van der Waals surface area (Å²) in [5.41, 5.74) is 6.83. The average Bonchev–Trinajstić information content (AvgIpc) is 3.42. The number of thiazole rings is 1. The molecule has 0 aliphatic heterocycles. The fraction of sp³-hybridized carbons (Fsp3) is 0.353. The molecule has 0 saturated carbocycles. The first-order valence-corrected chi connectivity index (χ1v) is 15.0. The number of rotatable bonds is 14. The van der Waals surface area contributed by atoms with Crippen LogP contribution in [0.1, 0.15) is 79.6 Å². The van der Waals surface area contributed by atoms with E-state index in [1.807, 2.05) is 34.5 Å². The fourth-order valence-corrected chi connectivity index (χ4v) is 5.71. The maximum absolute atomic E-state index is 11.5. The summed E-state index contributed by atoms with van der Waals surface area (Å²) in [6.07, 6.45) is 2.32. The van der Waals surface area contributed by atoms with Crippen LogP contribution in [0, 0.1) is 0 Å². The van der Waals surface area contributed by atoms with E-state index in [1.54, 1.807) is 11.3 Å². The van der Waals surface area contributed by atoms with Crippen LogP contribution in [0.4, 0.5) is 0 Å². The van der Waals surface area contributed by atoms with Gasteiger partial charge in [-0.05, 0) is 71.2 Å². The molecule has 1 aromatic heterocycles. The minimum absolute atomic E-state index is 0.0343. The molecule has 0 aliphatic rings. The Balaban J connectivity index is 1.35. The SMILES string of the molecule is CCC(CC)c1ccc(COc2ccc(-c3csc(CN(CC(=O)O)Cc4ccc(C(C)C)cc4)n3)cc2)cc1. The van der Waals surface area contributed by atoms with Gasteiger partial charge in [-0.3, -0.25) is 9.69 Å². The van der Waals surface area contributed by atoms with Crippen LogP contribution in [-0.2, 0) is 24.5 Å². The molecular weight excluding hydrogens is 516 g/mol. The molecular formula is C34H40N2O3S. The van der Waals surface area contributed by atoms with E-state index in [0.717, 1.165) is 46.0 Å². The summed E-state index contributed by atoms with van der Waals surface area (Å²) < 4.78 is 6.03. The zero-order chi connectivity index (χ0) is 28.5. The van der Waals surface area contributed by atoms with E-state index < -0.39 is 5.97 Å². The summed E-state index contributed by atoms with van der Waals surface area (Å²) in [5, 5.41) is 12.4. The summed E-state index contributed by atoms with van der Waals surface area (Å²) >= 11 is 1.56. The molecule has 0 spiro atoms. The molecule has 3 aromatic carbocycles. The van der Waals surface area contributed by atoms with Crippen molar-refractivity contribution in [2.24, 2.45) is 0 Å². The maximum atomic E-state index is 11.5. The molecule has 0 unspecified atom stereocenters. The number of aliphatic carboxylic acids is 1. The number of carboxylic acid groups (broad SMARTS) is 1. The van der Waals surface area contributed by atoms with E-state index in [2.05, 4.69) is 76.2 Å². The Labute approximate surface area is 242 Å². The minimum Gasteiger partial charge on any atom is -0.489 e. The Bertz CT molecular complexity index is 1340.